The lowest BCUT2D eigenvalue weighted by Gasteiger charge is -2.07. The van der Waals surface area contributed by atoms with Gasteiger partial charge in [0.15, 0.2) is 0 Å². The van der Waals surface area contributed by atoms with Crippen molar-refractivity contribution in [3.8, 4) is 5.75 Å². The summed E-state index contributed by atoms with van der Waals surface area (Å²) in [6, 6.07) is 14.4. The van der Waals surface area contributed by atoms with Crippen LogP contribution in [0.2, 0.25) is 5.02 Å². The maximum absolute atomic E-state index is 12.2. The van der Waals surface area contributed by atoms with Crippen LogP contribution in [0.5, 0.6) is 5.75 Å². The minimum atomic E-state index is -0.277. The summed E-state index contributed by atoms with van der Waals surface area (Å²) >= 11 is 5.86. The number of nitrogens with zero attached hydrogens (tertiary/aromatic N) is 3. The van der Waals surface area contributed by atoms with Gasteiger partial charge < -0.3 is 4.74 Å². The van der Waals surface area contributed by atoms with E-state index in [0.29, 0.717) is 17.2 Å². The van der Waals surface area contributed by atoms with Gasteiger partial charge in [-0.1, -0.05) is 23.7 Å². The number of carbonyl (C=O) groups excluding carboxylic acids is 1. The molecule has 1 N–H and O–H groups in total. The van der Waals surface area contributed by atoms with Crippen molar-refractivity contribution in [2.75, 3.05) is 0 Å². The highest BCUT2D eigenvalue weighted by Gasteiger charge is 2.08. The largest absolute Gasteiger partial charge is 0.489 e. The molecular weight excluding hydrogens is 376 g/mol. The second kappa shape index (κ2) is 8.71. The molecule has 0 atom stereocenters. The van der Waals surface area contributed by atoms with E-state index in [9.17, 15) is 4.79 Å². The maximum atomic E-state index is 12.2. The molecule has 0 saturated heterocycles. The quantitative estimate of drug-likeness (QED) is 0.505. The summed E-state index contributed by atoms with van der Waals surface area (Å²) in [7, 11) is 1.87. The lowest BCUT2D eigenvalue weighted by Crippen LogP contribution is -2.17. The maximum Gasteiger partial charge on any atom is 0.271 e. The minimum absolute atomic E-state index is 0.277. The smallest absolute Gasteiger partial charge is 0.271 e. The van der Waals surface area contributed by atoms with Crippen LogP contribution in [-0.4, -0.2) is 21.9 Å². The number of halogens is 1. The van der Waals surface area contributed by atoms with Crippen molar-refractivity contribution >= 4 is 23.7 Å². The Kier molecular flexibility index (Phi) is 6.11. The Bertz CT molecular complexity index is 992. The van der Waals surface area contributed by atoms with Gasteiger partial charge >= 0.3 is 0 Å². The Labute approximate surface area is 168 Å². The number of carbonyl (C=O) groups is 1. The number of benzene rings is 2. The van der Waals surface area contributed by atoms with Gasteiger partial charge in [-0.2, -0.15) is 10.2 Å². The summed E-state index contributed by atoms with van der Waals surface area (Å²) in [5.41, 5.74) is 6.77. The molecule has 0 aliphatic rings. The van der Waals surface area contributed by atoms with E-state index >= 15 is 0 Å². The van der Waals surface area contributed by atoms with Crippen LogP contribution in [0.4, 0.5) is 0 Å². The zero-order valence-corrected chi connectivity index (χ0v) is 16.7. The monoisotopic (exact) mass is 396 g/mol. The summed E-state index contributed by atoms with van der Waals surface area (Å²) in [6.07, 6.45) is 1.61. The van der Waals surface area contributed by atoms with Gasteiger partial charge in [-0.15, -0.1) is 0 Å². The van der Waals surface area contributed by atoms with Crippen molar-refractivity contribution in [2.24, 2.45) is 12.1 Å². The van der Waals surface area contributed by atoms with Crippen molar-refractivity contribution in [2.45, 2.75) is 20.5 Å². The summed E-state index contributed by atoms with van der Waals surface area (Å²) in [6.45, 7) is 4.26. The van der Waals surface area contributed by atoms with Crippen LogP contribution in [0.25, 0.3) is 0 Å². The first-order valence-electron chi connectivity index (χ1n) is 8.75. The molecule has 0 unspecified atom stereocenters. The van der Waals surface area contributed by atoms with E-state index in [1.54, 1.807) is 35.2 Å². The highest BCUT2D eigenvalue weighted by atomic mass is 35.5. The molecule has 0 aliphatic carbocycles. The van der Waals surface area contributed by atoms with Gasteiger partial charge in [-0.05, 0) is 55.8 Å². The van der Waals surface area contributed by atoms with Crippen LogP contribution in [-0.2, 0) is 13.7 Å². The van der Waals surface area contributed by atoms with Gasteiger partial charge in [-0.25, -0.2) is 5.43 Å². The zero-order valence-electron chi connectivity index (χ0n) is 15.9. The summed E-state index contributed by atoms with van der Waals surface area (Å²) in [5, 5.41) is 9.03. The number of amides is 1. The molecule has 1 heterocycles. The van der Waals surface area contributed by atoms with Gasteiger partial charge in [0, 0.05) is 28.9 Å². The van der Waals surface area contributed by atoms with E-state index in [1.807, 2.05) is 45.2 Å². The standard InChI is InChI=1S/C21H21ClN4O2/c1-14-20(15(2)26(3)25-14)12-23-24-21(27)17-6-4-16(5-7-17)13-28-19-10-8-18(22)9-11-19/h4-12H,13H2,1-3H3,(H,24,27)/b23-12-. The van der Waals surface area contributed by atoms with Crippen LogP contribution < -0.4 is 10.2 Å². The first-order valence-corrected chi connectivity index (χ1v) is 9.13. The molecule has 7 heteroatoms. The number of rotatable bonds is 6. The van der Waals surface area contributed by atoms with Crippen LogP contribution in [0.1, 0.15) is 32.9 Å². The molecule has 144 valence electrons. The Morgan fingerprint density at radius 1 is 1.18 bits per heavy atom. The summed E-state index contributed by atoms with van der Waals surface area (Å²) in [4.78, 5) is 12.2. The first kappa shape index (κ1) is 19.6. The Morgan fingerprint density at radius 2 is 1.86 bits per heavy atom. The average molecular weight is 397 g/mol. The number of hydrogen-bond acceptors (Lipinski definition) is 4. The van der Waals surface area contributed by atoms with Crippen LogP contribution in [0.3, 0.4) is 0 Å². The fourth-order valence-corrected chi connectivity index (χ4v) is 2.77. The highest BCUT2D eigenvalue weighted by molar-refractivity contribution is 6.30. The molecule has 2 aromatic carbocycles. The second-order valence-electron chi connectivity index (χ2n) is 6.35. The van der Waals surface area contributed by atoms with Crippen molar-refractivity contribution < 1.29 is 9.53 Å². The van der Waals surface area contributed by atoms with E-state index < -0.39 is 0 Å². The molecule has 6 nitrogen and oxygen atoms in total. The molecule has 1 amide bonds. The molecule has 0 fully saturated rings. The highest BCUT2D eigenvalue weighted by Crippen LogP contribution is 2.17. The topological polar surface area (TPSA) is 68.5 Å². The summed E-state index contributed by atoms with van der Waals surface area (Å²) < 4.78 is 7.48. The Morgan fingerprint density at radius 3 is 2.46 bits per heavy atom. The average Bonchev–Trinajstić information content (AvgIpc) is 2.94. The predicted octanol–water partition coefficient (Wildman–Crippen LogP) is 4.03. The third kappa shape index (κ3) is 4.78. The molecule has 1 aromatic heterocycles. The number of hydrogen-bond donors (Lipinski definition) is 1. The molecule has 0 aliphatic heterocycles. The van der Waals surface area contributed by atoms with Crippen molar-refractivity contribution in [1.82, 2.24) is 15.2 Å². The molecule has 0 saturated carbocycles. The Balaban J connectivity index is 1.56. The number of hydrazone groups is 1. The lowest BCUT2D eigenvalue weighted by molar-refractivity contribution is 0.0955. The van der Waals surface area contributed by atoms with Crippen molar-refractivity contribution in [3.63, 3.8) is 0 Å². The fourth-order valence-electron chi connectivity index (χ4n) is 2.65. The van der Waals surface area contributed by atoms with E-state index in [-0.39, 0.29) is 5.91 Å². The number of aromatic nitrogens is 2. The molecule has 0 radical (unpaired) electrons. The molecule has 28 heavy (non-hydrogen) atoms. The first-order chi connectivity index (χ1) is 13.4. The van der Waals surface area contributed by atoms with Crippen LogP contribution >= 0.6 is 11.6 Å². The SMILES string of the molecule is Cc1nn(C)c(C)c1/C=N\NC(=O)c1ccc(COc2ccc(Cl)cc2)cc1. The van der Waals surface area contributed by atoms with Gasteiger partial charge in [0.05, 0.1) is 11.9 Å². The molecule has 3 aromatic rings. The van der Waals surface area contributed by atoms with Gasteiger partial charge in [0.2, 0.25) is 0 Å². The van der Waals surface area contributed by atoms with E-state index in [2.05, 4.69) is 15.6 Å². The van der Waals surface area contributed by atoms with Gasteiger partial charge in [0.25, 0.3) is 5.91 Å². The molecular formula is C21H21ClN4O2. The fraction of sp³-hybridized carbons (Fsp3) is 0.190. The van der Waals surface area contributed by atoms with E-state index in [4.69, 9.17) is 16.3 Å². The van der Waals surface area contributed by atoms with Crippen molar-refractivity contribution in [1.29, 1.82) is 0 Å². The van der Waals surface area contributed by atoms with Crippen LogP contribution in [0.15, 0.2) is 53.6 Å². The third-order valence-corrected chi connectivity index (χ3v) is 4.61. The zero-order chi connectivity index (χ0) is 20.1. The number of aryl methyl sites for hydroxylation is 2. The lowest BCUT2D eigenvalue weighted by atomic mass is 10.1. The van der Waals surface area contributed by atoms with Crippen LogP contribution in [0, 0.1) is 13.8 Å². The van der Waals surface area contributed by atoms with Gasteiger partial charge in [0.1, 0.15) is 12.4 Å². The predicted molar refractivity (Wildman–Crippen MR) is 110 cm³/mol. The van der Waals surface area contributed by atoms with Crippen molar-refractivity contribution in [3.05, 3.63) is 81.6 Å². The summed E-state index contributed by atoms with van der Waals surface area (Å²) in [5.74, 6) is 0.460. The normalized spacial score (nSPS) is 11.0. The number of ether oxygens (including phenoxy) is 1. The third-order valence-electron chi connectivity index (χ3n) is 4.36. The Hall–Kier alpha value is -3.12. The number of nitrogens with one attached hydrogen (secondary N) is 1. The minimum Gasteiger partial charge on any atom is -0.489 e. The second-order valence-corrected chi connectivity index (χ2v) is 6.78. The van der Waals surface area contributed by atoms with E-state index in [1.165, 1.54) is 0 Å². The van der Waals surface area contributed by atoms with E-state index in [0.717, 1.165) is 28.3 Å². The molecule has 0 spiro atoms. The molecule has 3 rings (SSSR count). The molecule has 0 bridgehead atoms. The van der Waals surface area contributed by atoms with Gasteiger partial charge in [-0.3, -0.25) is 9.48 Å².